The van der Waals surface area contributed by atoms with E-state index in [0.29, 0.717) is 12.5 Å². The molecular weight excluding hydrogens is 188 g/mol. The van der Waals surface area contributed by atoms with E-state index in [1.54, 1.807) is 0 Å². The van der Waals surface area contributed by atoms with Gasteiger partial charge in [-0.25, -0.2) is 0 Å². The smallest absolute Gasteiger partial charge is 0.234 e. The molecule has 1 aromatic carbocycles. The topological polar surface area (TPSA) is 52.9 Å². The fourth-order valence-corrected chi connectivity index (χ4v) is 1.92. The Kier molecular flexibility index (Phi) is 2.68. The van der Waals surface area contributed by atoms with Gasteiger partial charge in [0.25, 0.3) is 0 Å². The summed E-state index contributed by atoms with van der Waals surface area (Å²) in [6, 6.07) is 10.1. The van der Waals surface area contributed by atoms with E-state index in [9.17, 15) is 4.79 Å². The molecule has 0 heterocycles. The van der Waals surface area contributed by atoms with Crippen molar-refractivity contribution < 1.29 is 4.79 Å². The lowest BCUT2D eigenvalue weighted by Gasteiger charge is -2.30. The first-order chi connectivity index (χ1) is 7.31. The molecule has 3 heteroatoms. The van der Waals surface area contributed by atoms with Gasteiger partial charge < -0.3 is 5.32 Å². The number of amides is 1. The van der Waals surface area contributed by atoms with Crippen LogP contribution in [0.2, 0.25) is 0 Å². The molecule has 1 aliphatic rings. The molecule has 0 aromatic heterocycles. The molecule has 1 N–H and O–H groups in total. The van der Waals surface area contributed by atoms with Gasteiger partial charge in [-0.2, -0.15) is 5.26 Å². The molecule has 3 nitrogen and oxygen atoms in total. The van der Waals surface area contributed by atoms with Gasteiger partial charge in [-0.1, -0.05) is 24.3 Å². The van der Waals surface area contributed by atoms with Crippen LogP contribution in [0.4, 0.5) is 0 Å². The van der Waals surface area contributed by atoms with Gasteiger partial charge in [-0.3, -0.25) is 4.79 Å². The van der Waals surface area contributed by atoms with Crippen molar-refractivity contribution in [3.05, 3.63) is 35.4 Å². The fraction of sp³-hybridized carbons (Fsp3) is 0.333. The van der Waals surface area contributed by atoms with Gasteiger partial charge in [0, 0.05) is 12.5 Å². The van der Waals surface area contributed by atoms with Crippen LogP contribution in [-0.4, -0.2) is 12.5 Å². The zero-order valence-corrected chi connectivity index (χ0v) is 8.36. The van der Waals surface area contributed by atoms with Crippen LogP contribution in [0, 0.1) is 11.3 Å². The molecule has 15 heavy (non-hydrogen) atoms. The Morgan fingerprint density at radius 3 is 3.07 bits per heavy atom. The van der Waals surface area contributed by atoms with Crippen LogP contribution >= 0.6 is 0 Å². The van der Waals surface area contributed by atoms with E-state index in [1.807, 2.05) is 18.2 Å². The quantitative estimate of drug-likeness (QED) is 0.800. The molecule has 1 unspecified atom stereocenters. The lowest BCUT2D eigenvalue weighted by molar-refractivity contribution is -0.120. The van der Waals surface area contributed by atoms with Crippen molar-refractivity contribution in [1.82, 2.24) is 5.32 Å². The van der Waals surface area contributed by atoms with Gasteiger partial charge >= 0.3 is 0 Å². The zero-order chi connectivity index (χ0) is 10.7. The predicted molar refractivity (Wildman–Crippen MR) is 56.1 cm³/mol. The maximum absolute atomic E-state index is 11.1. The minimum atomic E-state index is -0.179. The summed E-state index contributed by atoms with van der Waals surface area (Å²) in [5, 5.41) is 11.1. The molecule has 1 atom stereocenters. The summed E-state index contributed by atoms with van der Waals surface area (Å²) in [7, 11) is 0. The number of nitriles is 1. The van der Waals surface area contributed by atoms with Crippen molar-refractivity contribution in [2.75, 3.05) is 6.54 Å². The highest BCUT2D eigenvalue weighted by Crippen LogP contribution is 2.33. The summed E-state index contributed by atoms with van der Waals surface area (Å²) < 4.78 is 0. The highest BCUT2D eigenvalue weighted by atomic mass is 16.1. The normalized spacial score (nSPS) is 17.1. The average Bonchev–Trinajstić information content (AvgIpc) is 2.20. The van der Waals surface area contributed by atoms with Gasteiger partial charge in [0.2, 0.25) is 5.91 Å². The predicted octanol–water partition coefficient (Wildman–Crippen LogP) is 1.36. The summed E-state index contributed by atoms with van der Waals surface area (Å²) >= 11 is 0. The fourth-order valence-electron chi connectivity index (χ4n) is 1.92. The summed E-state index contributed by atoms with van der Waals surface area (Å²) in [6.07, 6.45) is 0.984. The minimum absolute atomic E-state index is 0.0473. The standard InChI is InChI=1S/C12H12N2O/c13-6-5-12(15)14-8-10-7-9-3-1-2-4-11(9)10/h1-4,10H,5,7-8H2,(H,14,15). The van der Waals surface area contributed by atoms with Crippen LogP contribution in [-0.2, 0) is 11.2 Å². The van der Waals surface area contributed by atoms with E-state index in [2.05, 4.69) is 17.4 Å². The number of fused-ring (bicyclic) bond motifs is 1. The summed E-state index contributed by atoms with van der Waals surface area (Å²) in [5.74, 6) is 0.255. The van der Waals surface area contributed by atoms with Crippen molar-refractivity contribution in [3.63, 3.8) is 0 Å². The summed E-state index contributed by atoms with van der Waals surface area (Å²) in [5.41, 5.74) is 2.70. The van der Waals surface area contributed by atoms with Crippen LogP contribution in [0.1, 0.15) is 23.5 Å². The maximum atomic E-state index is 11.1. The molecule has 0 aliphatic heterocycles. The lowest BCUT2D eigenvalue weighted by Crippen LogP contribution is -2.32. The first-order valence-electron chi connectivity index (χ1n) is 5.02. The van der Waals surface area contributed by atoms with Crippen LogP contribution in [0.5, 0.6) is 0 Å². The number of carbonyl (C=O) groups excluding carboxylic acids is 1. The second-order valence-electron chi connectivity index (χ2n) is 3.74. The molecular formula is C12H12N2O. The van der Waals surface area contributed by atoms with Crippen molar-refractivity contribution in [3.8, 4) is 6.07 Å². The SMILES string of the molecule is N#CCC(=O)NCC1Cc2ccccc21. The zero-order valence-electron chi connectivity index (χ0n) is 8.36. The second-order valence-corrected chi connectivity index (χ2v) is 3.74. The Bertz CT molecular complexity index is 420. The van der Waals surface area contributed by atoms with Crippen molar-refractivity contribution >= 4 is 5.91 Å². The molecule has 0 saturated carbocycles. The first kappa shape index (κ1) is 9.72. The molecule has 0 saturated heterocycles. The number of benzene rings is 1. The number of nitrogens with zero attached hydrogens (tertiary/aromatic N) is 1. The Morgan fingerprint density at radius 2 is 2.33 bits per heavy atom. The van der Waals surface area contributed by atoms with Crippen molar-refractivity contribution in [1.29, 1.82) is 5.26 Å². The highest BCUT2D eigenvalue weighted by Gasteiger charge is 2.25. The van der Waals surface area contributed by atoms with E-state index in [1.165, 1.54) is 11.1 Å². The third kappa shape index (κ3) is 1.99. The second kappa shape index (κ2) is 4.14. The molecule has 0 fully saturated rings. The third-order valence-corrected chi connectivity index (χ3v) is 2.75. The third-order valence-electron chi connectivity index (χ3n) is 2.75. The molecule has 0 spiro atoms. The number of carbonyl (C=O) groups is 1. The molecule has 0 bridgehead atoms. The van der Waals surface area contributed by atoms with E-state index >= 15 is 0 Å². The monoisotopic (exact) mass is 200 g/mol. The summed E-state index contributed by atoms with van der Waals surface area (Å²) in [4.78, 5) is 11.1. The average molecular weight is 200 g/mol. The lowest BCUT2D eigenvalue weighted by atomic mass is 9.77. The Hall–Kier alpha value is -1.82. The highest BCUT2D eigenvalue weighted by molar-refractivity contribution is 5.78. The van der Waals surface area contributed by atoms with Crippen LogP contribution < -0.4 is 5.32 Å². The first-order valence-corrected chi connectivity index (χ1v) is 5.02. The van der Waals surface area contributed by atoms with Gasteiger partial charge in [-0.05, 0) is 17.5 Å². The van der Waals surface area contributed by atoms with Crippen LogP contribution in [0.15, 0.2) is 24.3 Å². The van der Waals surface area contributed by atoms with Gasteiger partial charge in [0.05, 0.1) is 6.07 Å². The van der Waals surface area contributed by atoms with E-state index < -0.39 is 0 Å². The van der Waals surface area contributed by atoms with E-state index in [0.717, 1.165) is 6.42 Å². The van der Waals surface area contributed by atoms with Crippen LogP contribution in [0.3, 0.4) is 0 Å². The Labute approximate surface area is 88.7 Å². The molecule has 1 aliphatic carbocycles. The summed E-state index contributed by atoms with van der Waals surface area (Å²) in [6.45, 7) is 0.650. The number of nitrogens with one attached hydrogen (secondary N) is 1. The minimum Gasteiger partial charge on any atom is -0.355 e. The van der Waals surface area contributed by atoms with Crippen molar-refractivity contribution in [2.45, 2.75) is 18.8 Å². The van der Waals surface area contributed by atoms with Crippen molar-refractivity contribution in [2.24, 2.45) is 0 Å². The van der Waals surface area contributed by atoms with Gasteiger partial charge in [0.1, 0.15) is 6.42 Å². The number of rotatable bonds is 3. The van der Waals surface area contributed by atoms with E-state index in [4.69, 9.17) is 5.26 Å². The van der Waals surface area contributed by atoms with E-state index in [-0.39, 0.29) is 12.3 Å². The Morgan fingerprint density at radius 1 is 1.53 bits per heavy atom. The molecule has 1 amide bonds. The maximum Gasteiger partial charge on any atom is 0.234 e. The molecule has 76 valence electrons. The van der Waals surface area contributed by atoms with Gasteiger partial charge in [-0.15, -0.1) is 0 Å². The number of hydrogen-bond acceptors (Lipinski definition) is 2. The van der Waals surface area contributed by atoms with Gasteiger partial charge in [0.15, 0.2) is 0 Å². The Balaban J connectivity index is 1.85. The molecule has 1 aromatic rings. The van der Waals surface area contributed by atoms with Crippen LogP contribution in [0.25, 0.3) is 0 Å². The molecule has 2 rings (SSSR count). The number of hydrogen-bond donors (Lipinski definition) is 1. The molecule has 0 radical (unpaired) electrons. The largest absolute Gasteiger partial charge is 0.355 e.